The van der Waals surface area contributed by atoms with E-state index in [0.717, 1.165) is 5.56 Å². The Morgan fingerprint density at radius 1 is 1.22 bits per heavy atom. The van der Waals surface area contributed by atoms with Gasteiger partial charge in [0.05, 0.1) is 6.26 Å². The van der Waals surface area contributed by atoms with Crippen molar-refractivity contribution in [3.63, 3.8) is 0 Å². The maximum absolute atomic E-state index is 11.6. The lowest BCUT2D eigenvalue weighted by Gasteiger charge is -1.92. The molecule has 18 heavy (non-hydrogen) atoms. The summed E-state index contributed by atoms with van der Waals surface area (Å²) in [6, 6.07) is 6.99. The number of cyclic esters (lactones) is 1. The van der Waals surface area contributed by atoms with E-state index in [0.29, 0.717) is 5.76 Å². The summed E-state index contributed by atoms with van der Waals surface area (Å²) in [5.41, 5.74) is 1.02. The third-order valence-electron chi connectivity index (χ3n) is 2.34. The van der Waals surface area contributed by atoms with Gasteiger partial charge >= 0.3 is 5.97 Å². The molecule has 0 amide bonds. The molecule has 3 heterocycles. The molecule has 0 saturated heterocycles. The van der Waals surface area contributed by atoms with Crippen LogP contribution in [0.3, 0.4) is 0 Å². The zero-order valence-corrected chi connectivity index (χ0v) is 9.24. The number of nitrogens with zero attached hydrogens (tertiary/aromatic N) is 2. The van der Waals surface area contributed by atoms with Gasteiger partial charge in [0.2, 0.25) is 0 Å². The van der Waals surface area contributed by atoms with E-state index in [1.54, 1.807) is 36.7 Å². The molecule has 5 nitrogen and oxygen atoms in total. The van der Waals surface area contributed by atoms with E-state index >= 15 is 0 Å². The van der Waals surface area contributed by atoms with Crippen LogP contribution in [0, 0.1) is 0 Å². The van der Waals surface area contributed by atoms with Crippen molar-refractivity contribution in [3.05, 3.63) is 59.9 Å². The minimum absolute atomic E-state index is 0.181. The first-order valence-electron chi connectivity index (χ1n) is 5.29. The molecule has 0 fully saturated rings. The van der Waals surface area contributed by atoms with Crippen molar-refractivity contribution in [1.82, 2.24) is 4.98 Å². The average molecular weight is 240 g/mol. The fourth-order valence-electron chi connectivity index (χ4n) is 1.53. The Labute approximate surface area is 102 Å². The van der Waals surface area contributed by atoms with Gasteiger partial charge in [-0.3, -0.25) is 4.98 Å². The van der Waals surface area contributed by atoms with E-state index in [2.05, 4.69) is 9.98 Å². The molecule has 3 rings (SSSR count). The molecule has 1 aliphatic rings. The highest BCUT2D eigenvalue weighted by atomic mass is 16.6. The standard InChI is InChI=1S/C13H8N2O3/c16-13-10(7-9-3-1-5-14-8-9)15-12(18-13)11-4-2-6-17-11/h1-8H/b10-7+. The van der Waals surface area contributed by atoms with Crippen LogP contribution >= 0.6 is 0 Å². The molecule has 88 valence electrons. The first kappa shape index (κ1) is 10.5. The van der Waals surface area contributed by atoms with Gasteiger partial charge in [0.15, 0.2) is 11.5 Å². The molecule has 0 atom stereocenters. The van der Waals surface area contributed by atoms with Crippen LogP contribution in [0.25, 0.3) is 6.08 Å². The van der Waals surface area contributed by atoms with Gasteiger partial charge in [-0.2, -0.15) is 0 Å². The van der Waals surface area contributed by atoms with Crippen LogP contribution in [-0.2, 0) is 9.53 Å². The van der Waals surface area contributed by atoms with E-state index in [1.807, 2.05) is 6.07 Å². The molecule has 0 N–H and O–H groups in total. The number of pyridine rings is 1. The summed E-state index contributed by atoms with van der Waals surface area (Å²) in [6.45, 7) is 0. The molecule has 0 aliphatic carbocycles. The smallest absolute Gasteiger partial charge is 0.363 e. The van der Waals surface area contributed by atoms with Crippen molar-refractivity contribution in [2.75, 3.05) is 0 Å². The van der Waals surface area contributed by atoms with E-state index in [1.165, 1.54) is 6.26 Å². The zero-order valence-electron chi connectivity index (χ0n) is 9.24. The Bertz CT molecular complexity index is 628. The topological polar surface area (TPSA) is 64.7 Å². The molecule has 0 saturated carbocycles. The van der Waals surface area contributed by atoms with Crippen molar-refractivity contribution in [2.24, 2.45) is 4.99 Å². The number of furan rings is 1. The van der Waals surface area contributed by atoms with Gasteiger partial charge in [-0.15, -0.1) is 0 Å². The van der Waals surface area contributed by atoms with Crippen LogP contribution in [0.1, 0.15) is 11.3 Å². The second kappa shape index (κ2) is 4.29. The van der Waals surface area contributed by atoms with Crippen LogP contribution in [0.5, 0.6) is 0 Å². The number of hydrogen-bond acceptors (Lipinski definition) is 5. The highest BCUT2D eigenvalue weighted by Gasteiger charge is 2.25. The van der Waals surface area contributed by atoms with Gasteiger partial charge in [0.25, 0.3) is 5.90 Å². The summed E-state index contributed by atoms with van der Waals surface area (Å²) >= 11 is 0. The Balaban J connectivity index is 1.94. The molecule has 5 heteroatoms. The van der Waals surface area contributed by atoms with Crippen LogP contribution in [0.2, 0.25) is 0 Å². The summed E-state index contributed by atoms with van der Waals surface area (Å²) in [7, 11) is 0. The lowest BCUT2D eigenvalue weighted by atomic mass is 10.2. The average Bonchev–Trinajstić information content (AvgIpc) is 3.01. The quantitative estimate of drug-likeness (QED) is 0.595. The van der Waals surface area contributed by atoms with Crippen molar-refractivity contribution < 1.29 is 13.9 Å². The minimum Gasteiger partial charge on any atom is -0.459 e. The highest BCUT2D eigenvalue weighted by Crippen LogP contribution is 2.18. The fraction of sp³-hybridized carbons (Fsp3) is 0. The predicted octanol–water partition coefficient (Wildman–Crippen LogP) is 2.02. The largest absolute Gasteiger partial charge is 0.459 e. The van der Waals surface area contributed by atoms with Gasteiger partial charge in [-0.25, -0.2) is 9.79 Å². The van der Waals surface area contributed by atoms with E-state index in [9.17, 15) is 4.79 Å². The predicted molar refractivity (Wildman–Crippen MR) is 63.6 cm³/mol. The molecule has 0 spiro atoms. The lowest BCUT2D eigenvalue weighted by molar-refractivity contribution is -0.130. The lowest BCUT2D eigenvalue weighted by Crippen LogP contribution is -2.04. The van der Waals surface area contributed by atoms with Crippen LogP contribution < -0.4 is 0 Å². The van der Waals surface area contributed by atoms with Gasteiger partial charge in [-0.1, -0.05) is 6.07 Å². The molecule has 1 aliphatic heterocycles. The van der Waals surface area contributed by atoms with Crippen LogP contribution in [-0.4, -0.2) is 16.9 Å². The van der Waals surface area contributed by atoms with Crippen LogP contribution in [0.4, 0.5) is 0 Å². The van der Waals surface area contributed by atoms with Crippen molar-refractivity contribution >= 4 is 17.9 Å². The number of carbonyl (C=O) groups excluding carboxylic acids is 1. The Morgan fingerprint density at radius 2 is 2.17 bits per heavy atom. The van der Waals surface area contributed by atoms with E-state index in [4.69, 9.17) is 9.15 Å². The number of hydrogen-bond donors (Lipinski definition) is 0. The van der Waals surface area contributed by atoms with Gasteiger partial charge in [0, 0.05) is 12.4 Å². The Kier molecular flexibility index (Phi) is 2.49. The maximum Gasteiger partial charge on any atom is 0.363 e. The molecule has 0 aromatic carbocycles. The second-order valence-electron chi connectivity index (χ2n) is 3.60. The molecule has 0 bridgehead atoms. The second-order valence-corrected chi connectivity index (χ2v) is 3.60. The number of esters is 1. The Morgan fingerprint density at radius 3 is 2.89 bits per heavy atom. The number of rotatable bonds is 2. The van der Waals surface area contributed by atoms with Crippen molar-refractivity contribution in [2.45, 2.75) is 0 Å². The van der Waals surface area contributed by atoms with Crippen molar-refractivity contribution in [3.8, 4) is 0 Å². The van der Waals surface area contributed by atoms with Crippen molar-refractivity contribution in [1.29, 1.82) is 0 Å². The number of aromatic nitrogens is 1. The normalized spacial score (nSPS) is 16.8. The molecule has 2 aromatic rings. The molecule has 0 unspecified atom stereocenters. The number of carbonyl (C=O) groups is 1. The van der Waals surface area contributed by atoms with Gasteiger partial charge in [0.1, 0.15) is 0 Å². The summed E-state index contributed by atoms with van der Waals surface area (Å²) in [4.78, 5) is 19.7. The molecular weight excluding hydrogens is 232 g/mol. The third kappa shape index (κ3) is 1.93. The first-order chi connectivity index (χ1) is 8.83. The molecule has 2 aromatic heterocycles. The number of ether oxygens (including phenoxy) is 1. The summed E-state index contributed by atoms with van der Waals surface area (Å²) in [5.74, 6) is 0.114. The van der Waals surface area contributed by atoms with Gasteiger partial charge < -0.3 is 9.15 Å². The molecular formula is C13H8N2O3. The third-order valence-corrected chi connectivity index (χ3v) is 2.34. The first-order valence-corrected chi connectivity index (χ1v) is 5.29. The molecule has 0 radical (unpaired) electrons. The minimum atomic E-state index is -0.495. The van der Waals surface area contributed by atoms with E-state index in [-0.39, 0.29) is 11.6 Å². The van der Waals surface area contributed by atoms with Gasteiger partial charge in [-0.05, 0) is 29.8 Å². The zero-order chi connectivity index (χ0) is 12.4. The summed E-state index contributed by atoms with van der Waals surface area (Å²) < 4.78 is 10.1. The maximum atomic E-state index is 11.6. The van der Waals surface area contributed by atoms with Crippen LogP contribution in [0.15, 0.2) is 58.0 Å². The SMILES string of the molecule is O=C1OC(c2ccco2)=N/C1=C/c1cccnc1. The van der Waals surface area contributed by atoms with E-state index < -0.39 is 5.97 Å². The number of aliphatic imine (C=N–C) groups is 1. The fourth-order valence-corrected chi connectivity index (χ4v) is 1.53. The highest BCUT2D eigenvalue weighted by molar-refractivity contribution is 6.11. The Hall–Kier alpha value is -2.69. The monoisotopic (exact) mass is 240 g/mol. The summed E-state index contributed by atoms with van der Waals surface area (Å²) in [5, 5.41) is 0. The summed E-state index contributed by atoms with van der Waals surface area (Å²) in [6.07, 6.45) is 6.41.